The zero-order chi connectivity index (χ0) is 14.3. The molecule has 114 valence electrons. The maximum Gasteiger partial charge on any atom is 0.0695 e. The van der Waals surface area contributed by atoms with Crippen molar-refractivity contribution in [3.05, 3.63) is 0 Å². The second-order valence-corrected chi connectivity index (χ2v) is 6.68. The van der Waals surface area contributed by atoms with Gasteiger partial charge in [0, 0.05) is 19.1 Å². The average molecular weight is 270 g/mol. The molecule has 1 aliphatic rings. The quantitative estimate of drug-likeness (QED) is 0.712. The van der Waals surface area contributed by atoms with E-state index in [1.807, 2.05) is 0 Å². The van der Waals surface area contributed by atoms with Crippen molar-refractivity contribution in [1.82, 2.24) is 10.2 Å². The molecular formula is C16H34N2O. The lowest BCUT2D eigenvalue weighted by Crippen LogP contribution is -2.49. The van der Waals surface area contributed by atoms with E-state index >= 15 is 0 Å². The van der Waals surface area contributed by atoms with Gasteiger partial charge in [0.15, 0.2) is 0 Å². The summed E-state index contributed by atoms with van der Waals surface area (Å²) in [5.41, 5.74) is 0.316. The van der Waals surface area contributed by atoms with Crippen LogP contribution < -0.4 is 5.32 Å². The molecular weight excluding hydrogens is 236 g/mol. The predicted octanol–water partition coefficient (Wildman–Crippen LogP) is 2.64. The first kappa shape index (κ1) is 16.9. The Morgan fingerprint density at radius 1 is 1.26 bits per heavy atom. The van der Waals surface area contributed by atoms with E-state index in [0.29, 0.717) is 11.5 Å². The molecule has 1 fully saturated rings. The predicted molar refractivity (Wildman–Crippen MR) is 82.5 cm³/mol. The van der Waals surface area contributed by atoms with Crippen LogP contribution in [0.2, 0.25) is 0 Å². The van der Waals surface area contributed by atoms with Gasteiger partial charge in [-0.3, -0.25) is 0 Å². The van der Waals surface area contributed by atoms with E-state index < -0.39 is 0 Å². The van der Waals surface area contributed by atoms with Gasteiger partial charge in [-0.1, -0.05) is 40.0 Å². The Balaban J connectivity index is 2.56. The van der Waals surface area contributed by atoms with Gasteiger partial charge in [-0.15, -0.1) is 0 Å². The maximum atomic E-state index is 10.2. The highest BCUT2D eigenvalue weighted by Gasteiger charge is 2.31. The van der Waals surface area contributed by atoms with Gasteiger partial charge in [-0.05, 0) is 38.3 Å². The molecule has 3 heteroatoms. The molecule has 0 saturated heterocycles. The summed E-state index contributed by atoms with van der Waals surface area (Å²) in [4.78, 5) is 2.41. The molecule has 0 amide bonds. The van der Waals surface area contributed by atoms with Crippen LogP contribution in [0.4, 0.5) is 0 Å². The normalized spacial score (nSPS) is 27.5. The van der Waals surface area contributed by atoms with Crippen LogP contribution in [0, 0.1) is 5.41 Å². The van der Waals surface area contributed by atoms with Gasteiger partial charge in [-0.25, -0.2) is 0 Å². The maximum absolute atomic E-state index is 10.2. The molecule has 1 saturated carbocycles. The second-order valence-electron chi connectivity index (χ2n) is 6.68. The molecule has 1 aliphatic carbocycles. The van der Waals surface area contributed by atoms with E-state index in [2.05, 4.69) is 38.0 Å². The second kappa shape index (κ2) is 8.23. The number of aliphatic hydroxyl groups excluding tert-OH is 1. The molecule has 0 aromatic heterocycles. The summed E-state index contributed by atoms with van der Waals surface area (Å²) in [6.45, 7) is 10.0. The molecule has 1 rings (SSSR count). The van der Waals surface area contributed by atoms with Gasteiger partial charge >= 0.3 is 0 Å². The number of aliphatic hydroxyl groups is 1. The van der Waals surface area contributed by atoms with Crippen molar-refractivity contribution in [3.8, 4) is 0 Å². The van der Waals surface area contributed by atoms with Crippen LogP contribution in [0.3, 0.4) is 0 Å². The van der Waals surface area contributed by atoms with Crippen LogP contribution in [-0.2, 0) is 0 Å². The third-order valence-electron chi connectivity index (χ3n) is 4.55. The largest absolute Gasteiger partial charge is 0.391 e. The van der Waals surface area contributed by atoms with Gasteiger partial charge in [0.25, 0.3) is 0 Å². The first-order valence-electron chi connectivity index (χ1n) is 8.11. The monoisotopic (exact) mass is 270 g/mol. The fraction of sp³-hybridized carbons (Fsp3) is 1.00. The molecule has 3 nitrogen and oxygen atoms in total. The summed E-state index contributed by atoms with van der Waals surface area (Å²) in [5, 5.41) is 13.7. The lowest BCUT2D eigenvalue weighted by molar-refractivity contribution is 0.0132. The van der Waals surface area contributed by atoms with Gasteiger partial charge in [0.2, 0.25) is 0 Å². The number of hydrogen-bond acceptors (Lipinski definition) is 3. The topological polar surface area (TPSA) is 35.5 Å². The van der Waals surface area contributed by atoms with Crippen molar-refractivity contribution in [2.24, 2.45) is 5.41 Å². The molecule has 0 heterocycles. The Bertz CT molecular complexity index is 247. The van der Waals surface area contributed by atoms with Crippen molar-refractivity contribution in [2.75, 3.05) is 26.7 Å². The van der Waals surface area contributed by atoms with Crippen molar-refractivity contribution < 1.29 is 5.11 Å². The molecule has 2 N–H and O–H groups in total. The van der Waals surface area contributed by atoms with E-state index in [9.17, 15) is 5.11 Å². The molecule has 19 heavy (non-hydrogen) atoms. The van der Waals surface area contributed by atoms with Gasteiger partial charge in [0.05, 0.1) is 6.10 Å². The van der Waals surface area contributed by atoms with Gasteiger partial charge in [-0.2, -0.15) is 0 Å². The Hall–Kier alpha value is -0.120. The first-order chi connectivity index (χ1) is 9.02. The smallest absolute Gasteiger partial charge is 0.0695 e. The standard InChI is InChI=1S/C16H34N2O/c1-5-11-16(3,12-17-6-2)13-18(4)14-9-7-8-10-15(14)19/h14-15,17,19H,5-13H2,1-4H3. The number of nitrogens with one attached hydrogen (secondary N) is 1. The summed E-state index contributed by atoms with van der Waals surface area (Å²) < 4.78 is 0. The fourth-order valence-corrected chi connectivity index (χ4v) is 3.58. The van der Waals surface area contributed by atoms with E-state index in [1.165, 1.54) is 25.7 Å². The van der Waals surface area contributed by atoms with E-state index in [1.54, 1.807) is 0 Å². The minimum absolute atomic E-state index is 0.122. The highest BCUT2D eigenvalue weighted by Crippen LogP contribution is 2.28. The van der Waals surface area contributed by atoms with Crippen LogP contribution in [0.15, 0.2) is 0 Å². The molecule has 0 aromatic rings. The van der Waals surface area contributed by atoms with Crippen molar-refractivity contribution in [2.45, 2.75) is 71.4 Å². The molecule has 3 atom stereocenters. The van der Waals surface area contributed by atoms with Crippen molar-refractivity contribution >= 4 is 0 Å². The molecule has 0 aliphatic heterocycles. The Labute approximate surface area is 119 Å². The van der Waals surface area contributed by atoms with Crippen LogP contribution in [0.5, 0.6) is 0 Å². The minimum Gasteiger partial charge on any atom is -0.391 e. The average Bonchev–Trinajstić information content (AvgIpc) is 2.37. The number of nitrogens with zero attached hydrogens (tertiary/aromatic N) is 1. The minimum atomic E-state index is -0.122. The third kappa shape index (κ3) is 5.41. The summed E-state index contributed by atoms with van der Waals surface area (Å²) in [6, 6.07) is 0.367. The Morgan fingerprint density at radius 2 is 1.95 bits per heavy atom. The van der Waals surface area contributed by atoms with E-state index in [-0.39, 0.29) is 6.10 Å². The van der Waals surface area contributed by atoms with E-state index in [0.717, 1.165) is 32.5 Å². The Morgan fingerprint density at radius 3 is 2.53 bits per heavy atom. The van der Waals surface area contributed by atoms with Crippen LogP contribution in [-0.4, -0.2) is 48.8 Å². The van der Waals surface area contributed by atoms with E-state index in [4.69, 9.17) is 0 Å². The number of rotatable bonds is 8. The van der Waals surface area contributed by atoms with Crippen LogP contribution in [0.25, 0.3) is 0 Å². The fourth-order valence-electron chi connectivity index (χ4n) is 3.58. The van der Waals surface area contributed by atoms with Crippen molar-refractivity contribution in [3.63, 3.8) is 0 Å². The molecule has 0 aromatic carbocycles. The molecule has 0 bridgehead atoms. The molecule has 0 radical (unpaired) electrons. The summed E-state index contributed by atoms with van der Waals surface area (Å²) in [6.07, 6.45) is 6.94. The molecule has 3 unspecified atom stereocenters. The third-order valence-corrected chi connectivity index (χ3v) is 4.55. The van der Waals surface area contributed by atoms with Crippen LogP contribution in [0.1, 0.15) is 59.3 Å². The number of hydrogen-bond donors (Lipinski definition) is 2. The Kier molecular flexibility index (Phi) is 7.33. The summed E-state index contributed by atoms with van der Waals surface area (Å²) >= 11 is 0. The zero-order valence-electron chi connectivity index (χ0n) is 13.4. The zero-order valence-corrected chi connectivity index (χ0v) is 13.4. The highest BCUT2D eigenvalue weighted by atomic mass is 16.3. The van der Waals surface area contributed by atoms with Crippen molar-refractivity contribution in [1.29, 1.82) is 0 Å². The SMILES string of the molecule is CCCC(C)(CNCC)CN(C)C1CCCCC1O. The first-order valence-corrected chi connectivity index (χ1v) is 8.11. The molecule has 0 spiro atoms. The van der Waals surface area contributed by atoms with Crippen LogP contribution >= 0.6 is 0 Å². The summed E-state index contributed by atoms with van der Waals surface area (Å²) in [7, 11) is 2.19. The number of likely N-dealkylation sites (N-methyl/N-ethyl adjacent to an activating group) is 1. The van der Waals surface area contributed by atoms with Gasteiger partial charge in [0.1, 0.15) is 0 Å². The lowest BCUT2D eigenvalue weighted by atomic mass is 9.83. The highest BCUT2D eigenvalue weighted by molar-refractivity contribution is 4.86. The van der Waals surface area contributed by atoms with Gasteiger partial charge < -0.3 is 15.3 Å². The lowest BCUT2D eigenvalue weighted by Gasteiger charge is -2.41. The summed E-state index contributed by atoms with van der Waals surface area (Å²) in [5.74, 6) is 0.